The monoisotopic (exact) mass is 263 g/mol. The molecule has 19 heavy (non-hydrogen) atoms. The smallest absolute Gasteiger partial charge is 0.261 e. The molecule has 0 spiro atoms. The molecule has 0 fully saturated rings. The fraction of sp³-hybridized carbons (Fsp3) is 0.562. The zero-order chi connectivity index (χ0) is 14.3. The lowest BCUT2D eigenvalue weighted by atomic mass is 10.1. The third kappa shape index (κ3) is 5.33. The molecule has 1 aromatic carbocycles. The van der Waals surface area contributed by atoms with Crippen molar-refractivity contribution < 1.29 is 9.53 Å². The summed E-state index contributed by atoms with van der Waals surface area (Å²) >= 11 is 0. The summed E-state index contributed by atoms with van der Waals surface area (Å²) in [6.45, 7) is 8.12. The average molecular weight is 263 g/mol. The van der Waals surface area contributed by atoms with Gasteiger partial charge in [-0.05, 0) is 44.4 Å². The number of carbonyl (C=O) groups is 1. The van der Waals surface area contributed by atoms with E-state index in [0.717, 1.165) is 24.2 Å². The third-order valence-electron chi connectivity index (χ3n) is 3.04. The van der Waals surface area contributed by atoms with E-state index in [9.17, 15) is 4.79 Å². The van der Waals surface area contributed by atoms with E-state index in [2.05, 4.69) is 12.2 Å². The summed E-state index contributed by atoms with van der Waals surface area (Å²) in [5.41, 5.74) is 1.13. The molecule has 0 bridgehead atoms. The first-order chi connectivity index (χ1) is 9.06. The quantitative estimate of drug-likeness (QED) is 0.818. The molecule has 3 nitrogen and oxygen atoms in total. The van der Waals surface area contributed by atoms with Crippen LogP contribution in [0.4, 0.5) is 0 Å². The lowest BCUT2D eigenvalue weighted by molar-refractivity contribution is -0.128. The zero-order valence-corrected chi connectivity index (χ0v) is 12.4. The van der Waals surface area contributed by atoms with Gasteiger partial charge in [-0.1, -0.05) is 32.4 Å². The van der Waals surface area contributed by atoms with Crippen LogP contribution in [0.5, 0.6) is 5.75 Å². The SMILES string of the molecule is CCC[C@H](C)NC(=O)[C@@H](CC)Oc1cccc(C)c1. The van der Waals surface area contributed by atoms with Crippen molar-refractivity contribution in [2.45, 2.75) is 59.1 Å². The van der Waals surface area contributed by atoms with Gasteiger partial charge in [-0.25, -0.2) is 0 Å². The largest absolute Gasteiger partial charge is 0.481 e. The predicted molar refractivity (Wildman–Crippen MR) is 78.4 cm³/mol. The third-order valence-corrected chi connectivity index (χ3v) is 3.04. The summed E-state index contributed by atoms with van der Waals surface area (Å²) < 4.78 is 5.77. The number of rotatable bonds is 7. The van der Waals surface area contributed by atoms with Crippen LogP contribution in [0.15, 0.2) is 24.3 Å². The minimum absolute atomic E-state index is 0.0232. The fourth-order valence-electron chi connectivity index (χ4n) is 2.02. The Hall–Kier alpha value is -1.51. The van der Waals surface area contributed by atoms with E-state index in [4.69, 9.17) is 4.74 Å². The molecule has 3 heteroatoms. The van der Waals surface area contributed by atoms with Crippen molar-refractivity contribution in [3.63, 3.8) is 0 Å². The van der Waals surface area contributed by atoms with Crippen LogP contribution in [0.3, 0.4) is 0 Å². The summed E-state index contributed by atoms with van der Waals surface area (Å²) in [5, 5.41) is 3.00. The van der Waals surface area contributed by atoms with Crippen molar-refractivity contribution in [1.29, 1.82) is 0 Å². The summed E-state index contributed by atoms with van der Waals surface area (Å²) in [6.07, 6.45) is 2.31. The minimum atomic E-state index is -0.416. The second kappa shape index (κ2) is 7.82. The Morgan fingerprint density at radius 1 is 1.37 bits per heavy atom. The van der Waals surface area contributed by atoms with Gasteiger partial charge in [0.25, 0.3) is 5.91 Å². The second-order valence-corrected chi connectivity index (χ2v) is 5.03. The summed E-state index contributed by atoms with van der Waals surface area (Å²) in [5.74, 6) is 0.732. The van der Waals surface area contributed by atoms with E-state index in [1.165, 1.54) is 0 Å². The van der Waals surface area contributed by atoms with Gasteiger partial charge in [-0.3, -0.25) is 4.79 Å². The van der Waals surface area contributed by atoms with Gasteiger partial charge in [0, 0.05) is 6.04 Å². The van der Waals surface area contributed by atoms with Crippen LogP contribution in [-0.4, -0.2) is 18.1 Å². The highest BCUT2D eigenvalue weighted by atomic mass is 16.5. The molecule has 106 valence electrons. The Bertz CT molecular complexity index is 403. The van der Waals surface area contributed by atoms with E-state index in [0.29, 0.717) is 6.42 Å². The van der Waals surface area contributed by atoms with Crippen LogP contribution in [-0.2, 0) is 4.79 Å². The van der Waals surface area contributed by atoms with Crippen LogP contribution >= 0.6 is 0 Å². The number of carbonyl (C=O) groups excluding carboxylic acids is 1. The maximum Gasteiger partial charge on any atom is 0.261 e. The van der Waals surface area contributed by atoms with E-state index >= 15 is 0 Å². The van der Waals surface area contributed by atoms with E-state index in [1.807, 2.05) is 45.0 Å². The number of amides is 1. The summed E-state index contributed by atoms with van der Waals surface area (Å²) in [7, 11) is 0. The van der Waals surface area contributed by atoms with Gasteiger partial charge in [0.15, 0.2) is 6.10 Å². The molecule has 0 aliphatic heterocycles. The number of nitrogens with one attached hydrogen (secondary N) is 1. The normalized spacial score (nSPS) is 13.7. The highest BCUT2D eigenvalue weighted by Gasteiger charge is 2.19. The first-order valence-electron chi connectivity index (χ1n) is 7.10. The van der Waals surface area contributed by atoms with Crippen molar-refractivity contribution in [1.82, 2.24) is 5.32 Å². The van der Waals surface area contributed by atoms with Crippen molar-refractivity contribution in [2.24, 2.45) is 0 Å². The lowest BCUT2D eigenvalue weighted by Crippen LogP contribution is -2.42. The van der Waals surface area contributed by atoms with Crippen LogP contribution < -0.4 is 10.1 Å². The van der Waals surface area contributed by atoms with Gasteiger partial charge >= 0.3 is 0 Å². The Balaban J connectivity index is 2.60. The van der Waals surface area contributed by atoms with Gasteiger partial charge in [-0.2, -0.15) is 0 Å². The molecule has 0 aliphatic rings. The minimum Gasteiger partial charge on any atom is -0.481 e. The maximum absolute atomic E-state index is 12.1. The first kappa shape index (κ1) is 15.5. The van der Waals surface area contributed by atoms with Gasteiger partial charge in [0.05, 0.1) is 0 Å². The Labute approximate surface area is 116 Å². The number of ether oxygens (including phenoxy) is 1. The Kier molecular flexibility index (Phi) is 6.40. The van der Waals surface area contributed by atoms with Gasteiger partial charge in [-0.15, -0.1) is 0 Å². The average Bonchev–Trinajstić information content (AvgIpc) is 2.36. The molecular weight excluding hydrogens is 238 g/mol. The first-order valence-corrected chi connectivity index (χ1v) is 7.10. The van der Waals surface area contributed by atoms with Crippen molar-refractivity contribution >= 4 is 5.91 Å². The van der Waals surface area contributed by atoms with Crippen molar-refractivity contribution in [2.75, 3.05) is 0 Å². The molecule has 0 aromatic heterocycles. The van der Waals surface area contributed by atoms with Crippen molar-refractivity contribution in [3.05, 3.63) is 29.8 Å². The molecule has 0 aliphatic carbocycles. The fourth-order valence-corrected chi connectivity index (χ4v) is 2.02. The molecule has 0 saturated heterocycles. The molecular formula is C16H25NO2. The summed E-state index contributed by atoms with van der Waals surface area (Å²) in [6, 6.07) is 7.99. The molecule has 0 saturated carbocycles. The van der Waals surface area contributed by atoms with Crippen LogP contribution in [0.1, 0.15) is 45.6 Å². The van der Waals surface area contributed by atoms with Gasteiger partial charge < -0.3 is 10.1 Å². The van der Waals surface area contributed by atoms with E-state index < -0.39 is 6.10 Å². The number of hydrogen-bond donors (Lipinski definition) is 1. The van der Waals surface area contributed by atoms with Crippen molar-refractivity contribution in [3.8, 4) is 5.75 Å². The highest BCUT2D eigenvalue weighted by Crippen LogP contribution is 2.15. The van der Waals surface area contributed by atoms with Crippen LogP contribution in [0.2, 0.25) is 0 Å². The molecule has 1 aromatic rings. The molecule has 0 radical (unpaired) electrons. The van der Waals surface area contributed by atoms with Gasteiger partial charge in [0.2, 0.25) is 0 Å². The lowest BCUT2D eigenvalue weighted by Gasteiger charge is -2.20. The topological polar surface area (TPSA) is 38.3 Å². The Morgan fingerprint density at radius 2 is 2.11 bits per heavy atom. The molecule has 1 N–H and O–H groups in total. The summed E-state index contributed by atoms with van der Waals surface area (Å²) in [4.78, 5) is 12.1. The predicted octanol–water partition coefficient (Wildman–Crippen LogP) is 3.46. The molecule has 2 atom stereocenters. The highest BCUT2D eigenvalue weighted by molar-refractivity contribution is 5.81. The van der Waals surface area contributed by atoms with Crippen LogP contribution in [0.25, 0.3) is 0 Å². The number of aryl methyl sites for hydroxylation is 1. The Morgan fingerprint density at radius 3 is 2.68 bits per heavy atom. The second-order valence-electron chi connectivity index (χ2n) is 5.03. The van der Waals surface area contributed by atoms with E-state index in [1.54, 1.807) is 0 Å². The molecule has 1 amide bonds. The molecule has 1 rings (SSSR count). The number of hydrogen-bond acceptors (Lipinski definition) is 2. The standard InChI is InChI=1S/C16H25NO2/c1-5-8-13(4)17-16(18)15(6-2)19-14-10-7-9-12(3)11-14/h7,9-11,13,15H,5-6,8H2,1-4H3,(H,17,18)/t13-,15+/m0/s1. The number of benzene rings is 1. The molecule has 0 unspecified atom stereocenters. The van der Waals surface area contributed by atoms with Gasteiger partial charge in [0.1, 0.15) is 5.75 Å². The van der Waals surface area contributed by atoms with Crippen LogP contribution in [0, 0.1) is 6.92 Å². The molecule has 0 heterocycles. The van der Waals surface area contributed by atoms with E-state index in [-0.39, 0.29) is 11.9 Å². The maximum atomic E-state index is 12.1. The zero-order valence-electron chi connectivity index (χ0n) is 12.4.